The van der Waals surface area contributed by atoms with Gasteiger partial charge >= 0.3 is 5.97 Å². The maximum absolute atomic E-state index is 12.6. The Morgan fingerprint density at radius 3 is 2.55 bits per heavy atom. The van der Waals surface area contributed by atoms with E-state index in [4.69, 9.17) is 5.11 Å². The van der Waals surface area contributed by atoms with E-state index in [-0.39, 0.29) is 23.8 Å². The van der Waals surface area contributed by atoms with Crippen LogP contribution in [-0.2, 0) is 9.59 Å². The third-order valence-corrected chi connectivity index (χ3v) is 4.31. The average molecular weight is 302 g/mol. The highest BCUT2D eigenvalue weighted by Gasteiger charge is 2.42. The molecule has 3 rings (SSSR count). The third kappa shape index (κ3) is 2.62. The molecule has 1 aromatic carbocycles. The standard InChI is InChI=1S/C16H18N2O4/c19-14-10-13(17-7-2-1-3-8-17)15(20)18(14)12-6-4-5-11(9-12)16(21)22/h4-6,9,13H,1-3,7-8,10H2,(H,21,22)/t13-/m0/s1. The highest BCUT2D eigenvalue weighted by Crippen LogP contribution is 2.27. The van der Waals surface area contributed by atoms with Gasteiger partial charge in [-0.2, -0.15) is 0 Å². The number of amides is 2. The SMILES string of the molecule is O=C(O)c1cccc(N2C(=O)C[C@H](N3CCCCC3)C2=O)c1. The molecule has 2 amide bonds. The fraction of sp³-hybridized carbons (Fsp3) is 0.438. The van der Waals surface area contributed by atoms with Gasteiger partial charge in [-0.25, -0.2) is 9.69 Å². The number of carbonyl (C=O) groups excluding carboxylic acids is 2. The number of aromatic carboxylic acids is 1. The number of benzene rings is 1. The molecule has 0 radical (unpaired) electrons. The molecule has 1 atom stereocenters. The number of hydrogen-bond donors (Lipinski definition) is 1. The molecule has 22 heavy (non-hydrogen) atoms. The number of anilines is 1. The smallest absolute Gasteiger partial charge is 0.335 e. The number of rotatable bonds is 3. The van der Waals surface area contributed by atoms with Gasteiger partial charge in [0.1, 0.15) is 0 Å². The molecule has 2 heterocycles. The van der Waals surface area contributed by atoms with Crippen LogP contribution in [0.4, 0.5) is 5.69 Å². The van der Waals surface area contributed by atoms with E-state index >= 15 is 0 Å². The Bertz CT molecular complexity index is 622. The molecular formula is C16H18N2O4. The van der Waals surface area contributed by atoms with E-state index in [1.165, 1.54) is 12.1 Å². The number of carboxylic acids is 1. The lowest BCUT2D eigenvalue weighted by atomic mass is 10.1. The van der Waals surface area contributed by atoms with E-state index in [9.17, 15) is 14.4 Å². The fourth-order valence-electron chi connectivity index (χ4n) is 3.18. The van der Waals surface area contributed by atoms with Gasteiger partial charge in [0.15, 0.2) is 0 Å². The minimum absolute atomic E-state index is 0.0690. The second-order valence-electron chi connectivity index (χ2n) is 5.74. The van der Waals surface area contributed by atoms with Crippen molar-refractivity contribution in [3.05, 3.63) is 29.8 Å². The van der Waals surface area contributed by atoms with Crippen LogP contribution in [0.1, 0.15) is 36.0 Å². The summed E-state index contributed by atoms with van der Waals surface area (Å²) in [5.41, 5.74) is 0.411. The summed E-state index contributed by atoms with van der Waals surface area (Å²) in [7, 11) is 0. The van der Waals surface area contributed by atoms with E-state index in [2.05, 4.69) is 4.90 Å². The number of piperidine rings is 1. The first-order valence-electron chi connectivity index (χ1n) is 7.52. The van der Waals surface area contributed by atoms with Crippen molar-refractivity contribution >= 4 is 23.5 Å². The minimum Gasteiger partial charge on any atom is -0.478 e. The van der Waals surface area contributed by atoms with E-state index in [1.54, 1.807) is 12.1 Å². The Morgan fingerprint density at radius 1 is 1.14 bits per heavy atom. The van der Waals surface area contributed by atoms with Crippen molar-refractivity contribution < 1.29 is 19.5 Å². The molecule has 1 aromatic rings. The molecule has 0 aromatic heterocycles. The summed E-state index contributed by atoms with van der Waals surface area (Å²) in [5.74, 6) is -1.58. The van der Waals surface area contributed by atoms with Crippen LogP contribution in [0.3, 0.4) is 0 Å². The molecule has 2 saturated heterocycles. The van der Waals surface area contributed by atoms with Crippen LogP contribution >= 0.6 is 0 Å². The van der Waals surface area contributed by atoms with Crippen molar-refractivity contribution in [1.29, 1.82) is 0 Å². The fourth-order valence-corrected chi connectivity index (χ4v) is 3.18. The van der Waals surface area contributed by atoms with Gasteiger partial charge in [-0.15, -0.1) is 0 Å². The topological polar surface area (TPSA) is 77.9 Å². The summed E-state index contributed by atoms with van der Waals surface area (Å²) in [6.07, 6.45) is 3.44. The van der Waals surface area contributed by atoms with Crippen LogP contribution in [0.5, 0.6) is 0 Å². The Hall–Kier alpha value is -2.21. The lowest BCUT2D eigenvalue weighted by Gasteiger charge is -2.30. The molecule has 2 fully saturated rings. The Kier molecular flexibility index (Phi) is 3.94. The predicted molar refractivity (Wildman–Crippen MR) is 79.7 cm³/mol. The molecule has 0 saturated carbocycles. The second kappa shape index (κ2) is 5.88. The van der Waals surface area contributed by atoms with Gasteiger partial charge in [-0.1, -0.05) is 12.5 Å². The van der Waals surface area contributed by atoms with Crippen molar-refractivity contribution in [3.63, 3.8) is 0 Å². The van der Waals surface area contributed by atoms with Crippen molar-refractivity contribution in [3.8, 4) is 0 Å². The minimum atomic E-state index is -1.08. The van der Waals surface area contributed by atoms with Gasteiger partial charge in [0.05, 0.1) is 23.7 Å². The largest absolute Gasteiger partial charge is 0.478 e. The summed E-state index contributed by atoms with van der Waals surface area (Å²) in [5, 5.41) is 9.04. The summed E-state index contributed by atoms with van der Waals surface area (Å²) in [4.78, 5) is 39.1. The zero-order valence-corrected chi connectivity index (χ0v) is 12.2. The Labute approximate surface area is 128 Å². The number of nitrogens with zero attached hydrogens (tertiary/aromatic N) is 2. The van der Waals surface area contributed by atoms with Crippen molar-refractivity contribution in [1.82, 2.24) is 4.90 Å². The maximum Gasteiger partial charge on any atom is 0.335 e. The highest BCUT2D eigenvalue weighted by molar-refractivity contribution is 6.22. The summed E-state index contributed by atoms with van der Waals surface area (Å²) in [6.45, 7) is 1.68. The monoisotopic (exact) mass is 302 g/mol. The normalized spacial score (nSPS) is 23.1. The number of likely N-dealkylation sites (tertiary alicyclic amines) is 1. The van der Waals surface area contributed by atoms with Crippen molar-refractivity contribution in [2.75, 3.05) is 18.0 Å². The van der Waals surface area contributed by atoms with Crippen LogP contribution in [-0.4, -0.2) is 46.9 Å². The molecule has 0 unspecified atom stereocenters. The van der Waals surface area contributed by atoms with Gasteiger partial charge < -0.3 is 5.11 Å². The van der Waals surface area contributed by atoms with Gasteiger partial charge in [-0.05, 0) is 44.1 Å². The average Bonchev–Trinajstić information content (AvgIpc) is 2.83. The second-order valence-corrected chi connectivity index (χ2v) is 5.74. The molecule has 2 aliphatic rings. The lowest BCUT2D eigenvalue weighted by Crippen LogP contribution is -2.44. The van der Waals surface area contributed by atoms with Crippen LogP contribution < -0.4 is 4.90 Å². The van der Waals surface area contributed by atoms with E-state index in [0.717, 1.165) is 37.3 Å². The zero-order chi connectivity index (χ0) is 15.7. The first-order chi connectivity index (χ1) is 10.6. The van der Waals surface area contributed by atoms with E-state index in [0.29, 0.717) is 5.69 Å². The van der Waals surface area contributed by atoms with E-state index in [1.807, 2.05) is 0 Å². The van der Waals surface area contributed by atoms with Gasteiger partial charge in [0.25, 0.3) is 5.91 Å². The molecule has 6 heteroatoms. The molecule has 116 valence electrons. The quantitative estimate of drug-likeness (QED) is 0.856. The van der Waals surface area contributed by atoms with Gasteiger partial charge in [0, 0.05) is 0 Å². The molecule has 1 N–H and O–H groups in total. The molecule has 0 aliphatic carbocycles. The summed E-state index contributed by atoms with van der Waals surface area (Å²) in [6, 6.07) is 5.56. The van der Waals surface area contributed by atoms with Crippen molar-refractivity contribution in [2.24, 2.45) is 0 Å². The maximum atomic E-state index is 12.6. The van der Waals surface area contributed by atoms with Crippen LogP contribution in [0.15, 0.2) is 24.3 Å². The first-order valence-corrected chi connectivity index (χ1v) is 7.52. The third-order valence-electron chi connectivity index (χ3n) is 4.31. The van der Waals surface area contributed by atoms with Gasteiger partial charge in [0.2, 0.25) is 5.91 Å². The number of hydrogen-bond acceptors (Lipinski definition) is 4. The molecule has 6 nitrogen and oxygen atoms in total. The summed E-state index contributed by atoms with van der Waals surface area (Å²) < 4.78 is 0. The van der Waals surface area contributed by atoms with E-state index < -0.39 is 12.0 Å². The number of imide groups is 1. The Balaban J connectivity index is 1.85. The predicted octanol–water partition coefficient (Wildman–Crippen LogP) is 1.50. The molecule has 0 bridgehead atoms. The zero-order valence-electron chi connectivity index (χ0n) is 12.2. The first kappa shape index (κ1) is 14.7. The summed E-state index contributed by atoms with van der Waals surface area (Å²) >= 11 is 0. The molecular weight excluding hydrogens is 284 g/mol. The van der Waals surface area contributed by atoms with Gasteiger partial charge in [-0.3, -0.25) is 14.5 Å². The molecule has 2 aliphatic heterocycles. The van der Waals surface area contributed by atoms with Crippen molar-refractivity contribution in [2.45, 2.75) is 31.7 Å². The molecule has 0 spiro atoms. The van der Waals surface area contributed by atoms with Crippen LogP contribution in [0.25, 0.3) is 0 Å². The lowest BCUT2D eigenvalue weighted by molar-refractivity contribution is -0.123. The number of carboxylic acid groups (broad SMARTS) is 1. The highest BCUT2D eigenvalue weighted by atomic mass is 16.4. The van der Waals surface area contributed by atoms with Crippen LogP contribution in [0.2, 0.25) is 0 Å². The Morgan fingerprint density at radius 2 is 1.86 bits per heavy atom. The van der Waals surface area contributed by atoms with Crippen LogP contribution in [0, 0.1) is 0 Å². The number of carbonyl (C=O) groups is 3.